The van der Waals surface area contributed by atoms with E-state index < -0.39 is 54.5 Å². The van der Waals surface area contributed by atoms with Crippen molar-refractivity contribution >= 4 is 23.8 Å². The number of amides is 1. The van der Waals surface area contributed by atoms with Crippen molar-refractivity contribution in [3.8, 4) is 5.75 Å². The number of nitrogens with one attached hydrogen (secondary N) is 1. The second-order valence-corrected chi connectivity index (χ2v) is 7.61. The number of hydrogen-bond donors (Lipinski definition) is 1. The van der Waals surface area contributed by atoms with Crippen LogP contribution in [0.4, 0.5) is 0 Å². The fourth-order valence-electron chi connectivity index (χ4n) is 3.35. The standard InChI is InChI=1S/C22H29NO9/c1-11-7-8-12(2)17(9-11)31-22-19(23-13(3)24)21(30-16(6)27)20(29-15(5)26)18(32-22)10-28-14(4)25/h7-9,18-22H,10H2,1-6H3,(H,23,24)/t18-,19+,20-,21-,22-/m1/s1. The topological polar surface area (TPSA) is 126 Å². The maximum Gasteiger partial charge on any atom is 0.303 e. The van der Waals surface area contributed by atoms with Crippen molar-refractivity contribution < 1.29 is 42.9 Å². The molecule has 0 spiro atoms. The Balaban J connectivity index is 2.49. The van der Waals surface area contributed by atoms with Crippen molar-refractivity contribution in [3.63, 3.8) is 0 Å². The SMILES string of the molecule is CC(=O)N[C@@H]1[C@H](Oc2cc(C)ccc2C)O[C@H](COC(C)=O)[C@@H](OC(C)=O)[C@@H]1OC(C)=O. The van der Waals surface area contributed by atoms with Gasteiger partial charge in [-0.2, -0.15) is 0 Å². The molecule has 10 nitrogen and oxygen atoms in total. The molecule has 0 saturated carbocycles. The molecule has 0 unspecified atom stereocenters. The number of benzene rings is 1. The summed E-state index contributed by atoms with van der Waals surface area (Å²) in [4.78, 5) is 47.0. The molecule has 1 fully saturated rings. The zero-order valence-electron chi connectivity index (χ0n) is 19.0. The third kappa shape index (κ3) is 6.94. The van der Waals surface area contributed by atoms with Gasteiger partial charge in [-0.3, -0.25) is 19.2 Å². The number of aryl methyl sites for hydroxylation is 2. The molecule has 1 aromatic rings. The molecule has 2 rings (SSSR count). The molecule has 32 heavy (non-hydrogen) atoms. The van der Waals surface area contributed by atoms with Gasteiger partial charge in [0.15, 0.2) is 12.2 Å². The highest BCUT2D eigenvalue weighted by Crippen LogP contribution is 2.30. The lowest BCUT2D eigenvalue weighted by atomic mass is 9.96. The molecule has 1 saturated heterocycles. The third-order valence-corrected chi connectivity index (χ3v) is 4.66. The average molecular weight is 451 g/mol. The Morgan fingerprint density at radius 1 is 0.938 bits per heavy atom. The van der Waals surface area contributed by atoms with E-state index >= 15 is 0 Å². The number of ether oxygens (including phenoxy) is 5. The Kier molecular flexibility index (Phi) is 8.59. The summed E-state index contributed by atoms with van der Waals surface area (Å²) in [5.41, 5.74) is 1.74. The van der Waals surface area contributed by atoms with E-state index in [2.05, 4.69) is 5.32 Å². The predicted octanol–water partition coefficient (Wildman–Crippen LogP) is 1.34. The molecular formula is C22H29NO9. The van der Waals surface area contributed by atoms with E-state index in [0.29, 0.717) is 5.75 Å². The zero-order valence-corrected chi connectivity index (χ0v) is 19.0. The first-order chi connectivity index (χ1) is 15.0. The second-order valence-electron chi connectivity index (χ2n) is 7.61. The predicted molar refractivity (Wildman–Crippen MR) is 111 cm³/mol. The minimum Gasteiger partial charge on any atom is -0.463 e. The number of hydrogen-bond acceptors (Lipinski definition) is 9. The molecule has 1 aliphatic rings. The number of esters is 3. The highest BCUT2D eigenvalue weighted by atomic mass is 16.7. The van der Waals surface area contributed by atoms with Crippen molar-refractivity contribution in [1.82, 2.24) is 5.32 Å². The molecule has 1 heterocycles. The molecule has 1 amide bonds. The van der Waals surface area contributed by atoms with E-state index in [4.69, 9.17) is 23.7 Å². The summed E-state index contributed by atoms with van der Waals surface area (Å²) >= 11 is 0. The lowest BCUT2D eigenvalue weighted by Crippen LogP contribution is -2.67. The van der Waals surface area contributed by atoms with Gasteiger partial charge in [0.25, 0.3) is 0 Å². The summed E-state index contributed by atoms with van der Waals surface area (Å²) in [5, 5.41) is 2.67. The fraction of sp³-hybridized carbons (Fsp3) is 0.545. The second kappa shape index (κ2) is 10.9. The maximum atomic E-state index is 11.9. The van der Waals surface area contributed by atoms with Gasteiger partial charge in [-0.05, 0) is 31.0 Å². The van der Waals surface area contributed by atoms with Crippen molar-refractivity contribution in [2.75, 3.05) is 6.61 Å². The van der Waals surface area contributed by atoms with E-state index in [9.17, 15) is 19.2 Å². The van der Waals surface area contributed by atoms with Crippen LogP contribution in [0.5, 0.6) is 5.75 Å². The quantitative estimate of drug-likeness (QED) is 0.483. The molecule has 1 N–H and O–H groups in total. The summed E-state index contributed by atoms with van der Waals surface area (Å²) < 4.78 is 27.9. The molecule has 0 bridgehead atoms. The average Bonchev–Trinajstić information content (AvgIpc) is 2.66. The lowest BCUT2D eigenvalue weighted by molar-refractivity contribution is -0.257. The van der Waals surface area contributed by atoms with Gasteiger partial charge < -0.3 is 29.0 Å². The van der Waals surface area contributed by atoms with Crippen LogP contribution in [0.2, 0.25) is 0 Å². The van der Waals surface area contributed by atoms with Crippen LogP contribution in [-0.4, -0.2) is 61.1 Å². The summed E-state index contributed by atoms with van der Waals surface area (Å²) in [6.45, 7) is 8.31. The normalized spacial score (nSPS) is 24.8. The molecule has 10 heteroatoms. The summed E-state index contributed by atoms with van der Waals surface area (Å²) in [6.07, 6.45) is -4.49. The first-order valence-electron chi connectivity index (χ1n) is 10.1. The van der Waals surface area contributed by atoms with Crippen LogP contribution in [0.15, 0.2) is 18.2 Å². The minimum absolute atomic E-state index is 0.287. The van der Waals surface area contributed by atoms with Gasteiger partial charge in [-0.15, -0.1) is 0 Å². The van der Waals surface area contributed by atoms with Crippen LogP contribution < -0.4 is 10.1 Å². The van der Waals surface area contributed by atoms with Gasteiger partial charge in [0, 0.05) is 27.7 Å². The number of carbonyl (C=O) groups is 4. The molecule has 0 radical (unpaired) electrons. The molecule has 1 aliphatic heterocycles. The summed E-state index contributed by atoms with van der Waals surface area (Å²) in [7, 11) is 0. The number of rotatable bonds is 7. The summed E-state index contributed by atoms with van der Waals surface area (Å²) in [6, 6.07) is 4.55. The van der Waals surface area contributed by atoms with E-state index in [1.54, 1.807) is 6.07 Å². The van der Waals surface area contributed by atoms with Gasteiger partial charge in [-0.1, -0.05) is 12.1 Å². The van der Waals surface area contributed by atoms with Gasteiger partial charge in [0.2, 0.25) is 12.2 Å². The Hall–Kier alpha value is -3.14. The van der Waals surface area contributed by atoms with Crippen LogP contribution in [0.3, 0.4) is 0 Å². The van der Waals surface area contributed by atoms with E-state index in [0.717, 1.165) is 11.1 Å². The Bertz CT molecular complexity index is 869. The lowest BCUT2D eigenvalue weighted by Gasteiger charge is -2.44. The van der Waals surface area contributed by atoms with Crippen LogP contribution >= 0.6 is 0 Å². The Labute approximate surface area is 186 Å². The van der Waals surface area contributed by atoms with E-state index in [-0.39, 0.29) is 6.61 Å². The highest BCUT2D eigenvalue weighted by Gasteiger charge is 2.52. The fourth-order valence-corrected chi connectivity index (χ4v) is 3.35. The van der Waals surface area contributed by atoms with Gasteiger partial charge in [-0.25, -0.2) is 0 Å². The Morgan fingerprint density at radius 2 is 1.56 bits per heavy atom. The molecule has 1 aromatic carbocycles. The third-order valence-electron chi connectivity index (χ3n) is 4.66. The van der Waals surface area contributed by atoms with Crippen molar-refractivity contribution in [2.24, 2.45) is 0 Å². The van der Waals surface area contributed by atoms with E-state index in [1.165, 1.54) is 27.7 Å². The first kappa shape index (κ1) is 25.1. The highest BCUT2D eigenvalue weighted by molar-refractivity contribution is 5.73. The Morgan fingerprint density at radius 3 is 2.12 bits per heavy atom. The van der Waals surface area contributed by atoms with Crippen LogP contribution in [0, 0.1) is 13.8 Å². The molecule has 176 valence electrons. The number of carbonyl (C=O) groups excluding carboxylic acids is 4. The van der Waals surface area contributed by atoms with Gasteiger partial charge in [0.1, 0.15) is 24.5 Å². The van der Waals surface area contributed by atoms with Crippen LogP contribution in [0.1, 0.15) is 38.8 Å². The van der Waals surface area contributed by atoms with Crippen molar-refractivity contribution in [3.05, 3.63) is 29.3 Å². The van der Waals surface area contributed by atoms with Crippen molar-refractivity contribution in [1.29, 1.82) is 0 Å². The van der Waals surface area contributed by atoms with E-state index in [1.807, 2.05) is 26.0 Å². The molecule has 0 aromatic heterocycles. The van der Waals surface area contributed by atoms with Crippen LogP contribution in [0.25, 0.3) is 0 Å². The zero-order chi connectivity index (χ0) is 24.0. The molecule has 5 atom stereocenters. The largest absolute Gasteiger partial charge is 0.463 e. The maximum absolute atomic E-state index is 11.9. The monoisotopic (exact) mass is 451 g/mol. The first-order valence-corrected chi connectivity index (χ1v) is 10.1. The molecule has 0 aliphatic carbocycles. The smallest absolute Gasteiger partial charge is 0.303 e. The van der Waals surface area contributed by atoms with Gasteiger partial charge in [0.05, 0.1) is 0 Å². The summed E-state index contributed by atoms with van der Waals surface area (Å²) in [5.74, 6) is -1.86. The van der Waals surface area contributed by atoms with Crippen LogP contribution in [-0.2, 0) is 38.1 Å². The van der Waals surface area contributed by atoms with Crippen molar-refractivity contribution in [2.45, 2.75) is 72.2 Å². The minimum atomic E-state index is -1.16. The molecular weight excluding hydrogens is 422 g/mol. The van der Waals surface area contributed by atoms with Gasteiger partial charge >= 0.3 is 17.9 Å².